The van der Waals surface area contributed by atoms with Crippen LogP contribution in [0.2, 0.25) is 0 Å². The van der Waals surface area contributed by atoms with Crippen molar-refractivity contribution in [3.8, 4) is 0 Å². The number of nitrogens with two attached hydrogens (primary N) is 1. The van der Waals surface area contributed by atoms with E-state index in [0.29, 0.717) is 5.70 Å². The predicted octanol–water partition coefficient (Wildman–Crippen LogP) is 1.59. The summed E-state index contributed by atoms with van der Waals surface area (Å²) in [5, 5.41) is 0.424. The first-order chi connectivity index (χ1) is 12.1. The van der Waals surface area contributed by atoms with Crippen LogP contribution in [0, 0.1) is 11.3 Å². The molecule has 0 spiro atoms. The number of rotatable bonds is 3. The fourth-order valence-electron chi connectivity index (χ4n) is 2.56. The lowest BCUT2D eigenvalue weighted by Crippen LogP contribution is -2.47. The minimum absolute atomic E-state index is 0.118. The molecule has 0 saturated carbocycles. The summed E-state index contributed by atoms with van der Waals surface area (Å²) in [5.74, 6) is 0.118. The topological polar surface area (TPSA) is 91.7 Å². The van der Waals surface area contributed by atoms with E-state index in [1.54, 1.807) is 12.2 Å². The van der Waals surface area contributed by atoms with Crippen molar-refractivity contribution in [1.82, 2.24) is 9.97 Å². The molecule has 0 aliphatic heterocycles. The fraction of sp³-hybridized carbons (Fsp3) is 0.333. The van der Waals surface area contributed by atoms with Crippen LogP contribution in [0.25, 0.3) is 12.2 Å². The van der Waals surface area contributed by atoms with Gasteiger partial charge in [0.2, 0.25) is 0 Å². The number of H-pyrrole nitrogens is 2. The smallest absolute Gasteiger partial charge is 0.272 e. The van der Waals surface area contributed by atoms with E-state index in [1.165, 1.54) is 0 Å². The molecule has 4 N–H and O–H groups in total. The molecule has 0 unspecified atom stereocenters. The number of aromatic amines is 2. The normalized spacial score (nSPS) is 14.7. The molecular formula is C21H27N3O2. The van der Waals surface area contributed by atoms with Crippen LogP contribution in [0.5, 0.6) is 0 Å². The van der Waals surface area contributed by atoms with Gasteiger partial charge < -0.3 is 15.7 Å². The fourth-order valence-corrected chi connectivity index (χ4v) is 2.56. The zero-order valence-corrected chi connectivity index (χ0v) is 16.0. The average Bonchev–Trinajstić information content (AvgIpc) is 2.55. The van der Waals surface area contributed by atoms with E-state index >= 15 is 0 Å². The zero-order chi connectivity index (χ0) is 19.5. The third kappa shape index (κ3) is 4.63. The molecule has 0 saturated heterocycles. The summed E-state index contributed by atoms with van der Waals surface area (Å²) in [6.07, 6.45) is 3.32. The Labute approximate surface area is 153 Å². The van der Waals surface area contributed by atoms with Gasteiger partial charge in [-0.15, -0.1) is 0 Å². The van der Waals surface area contributed by atoms with Crippen molar-refractivity contribution in [2.45, 2.75) is 34.6 Å². The predicted molar refractivity (Wildman–Crippen MR) is 107 cm³/mol. The van der Waals surface area contributed by atoms with E-state index in [-0.39, 0.29) is 33.1 Å². The third-order valence-corrected chi connectivity index (χ3v) is 4.14. The highest BCUT2D eigenvalue weighted by molar-refractivity contribution is 5.50. The van der Waals surface area contributed by atoms with Crippen LogP contribution < -0.4 is 27.6 Å². The molecule has 0 aliphatic carbocycles. The minimum Gasteiger partial charge on any atom is -0.401 e. The molecule has 5 heteroatoms. The highest BCUT2D eigenvalue weighted by atomic mass is 16.1. The number of hydrogen-bond donors (Lipinski definition) is 3. The molecule has 1 aromatic carbocycles. The maximum absolute atomic E-state index is 12.5. The van der Waals surface area contributed by atoms with Crippen molar-refractivity contribution in [3.63, 3.8) is 0 Å². The highest BCUT2D eigenvalue weighted by Gasteiger charge is 2.19. The van der Waals surface area contributed by atoms with E-state index in [9.17, 15) is 9.59 Å². The molecule has 1 heterocycles. The molecule has 0 radical (unpaired) electrons. The Hall–Kier alpha value is -2.82. The average molecular weight is 353 g/mol. The van der Waals surface area contributed by atoms with E-state index < -0.39 is 0 Å². The lowest BCUT2D eigenvalue weighted by molar-refractivity contribution is 0.487. The van der Waals surface area contributed by atoms with E-state index in [1.807, 2.05) is 65.0 Å². The van der Waals surface area contributed by atoms with Crippen molar-refractivity contribution in [3.05, 3.63) is 78.6 Å². The Kier molecular flexibility index (Phi) is 5.70. The molecule has 0 fully saturated rings. The van der Waals surface area contributed by atoms with Gasteiger partial charge in [-0.25, -0.2) is 0 Å². The second kappa shape index (κ2) is 7.60. The number of hydrogen-bond acceptors (Lipinski definition) is 3. The van der Waals surface area contributed by atoms with E-state index in [4.69, 9.17) is 5.73 Å². The van der Waals surface area contributed by atoms with Gasteiger partial charge in [-0.2, -0.15) is 0 Å². The Morgan fingerprint density at radius 3 is 2.08 bits per heavy atom. The minimum atomic E-state index is -0.355. The molecule has 1 aromatic heterocycles. The molecule has 0 aliphatic rings. The molecule has 138 valence electrons. The second-order valence-electron chi connectivity index (χ2n) is 7.71. The zero-order valence-electron chi connectivity index (χ0n) is 16.0. The molecule has 5 nitrogen and oxygen atoms in total. The van der Waals surface area contributed by atoms with Crippen LogP contribution in [0.4, 0.5) is 0 Å². The second-order valence-corrected chi connectivity index (χ2v) is 7.71. The van der Waals surface area contributed by atoms with E-state index in [0.717, 1.165) is 11.1 Å². The first-order valence-corrected chi connectivity index (χ1v) is 8.71. The summed E-state index contributed by atoms with van der Waals surface area (Å²) < 4.78 is 0. The standard InChI is InChI=1S/C21H27N3O2/c1-13(2)15(18(22)21(3,4)5)12-17-20(26)23-16(19(25)24-17)11-14-9-7-6-8-10-14/h6-13H,22H2,1-5H3,(H,23,26)(H,24,25)/b16-11-,17-12-,18-15-. The summed E-state index contributed by atoms with van der Waals surface area (Å²) in [4.78, 5) is 30.2. The summed E-state index contributed by atoms with van der Waals surface area (Å²) in [6.45, 7) is 10.1. The Morgan fingerprint density at radius 2 is 1.54 bits per heavy atom. The maximum atomic E-state index is 12.5. The SMILES string of the molecule is CC(C)C(/C=c1\[nH]c(=O)/c(=C/c2ccccc2)[nH]c1=O)=C(\N)C(C)(C)C. The molecule has 0 atom stereocenters. The molecule has 2 aromatic rings. The number of allylic oxidation sites excluding steroid dienone is 2. The molecule has 0 amide bonds. The van der Waals surface area contributed by atoms with Gasteiger partial charge in [-0.3, -0.25) is 9.59 Å². The van der Waals surface area contributed by atoms with Gasteiger partial charge >= 0.3 is 0 Å². The van der Waals surface area contributed by atoms with Gasteiger partial charge in [0.15, 0.2) is 0 Å². The van der Waals surface area contributed by atoms with E-state index in [2.05, 4.69) is 9.97 Å². The van der Waals surface area contributed by atoms with Crippen LogP contribution in [0.1, 0.15) is 40.2 Å². The summed E-state index contributed by atoms with van der Waals surface area (Å²) >= 11 is 0. The Morgan fingerprint density at radius 1 is 1.00 bits per heavy atom. The van der Waals surface area contributed by atoms with Gasteiger partial charge in [0.25, 0.3) is 11.1 Å². The van der Waals surface area contributed by atoms with Gasteiger partial charge in [0.05, 0.1) is 0 Å². The summed E-state index contributed by atoms with van der Waals surface area (Å²) in [5.41, 5.74) is 7.75. The van der Waals surface area contributed by atoms with Crippen molar-refractivity contribution in [2.75, 3.05) is 0 Å². The van der Waals surface area contributed by atoms with Crippen molar-refractivity contribution in [1.29, 1.82) is 0 Å². The third-order valence-electron chi connectivity index (χ3n) is 4.14. The first-order valence-electron chi connectivity index (χ1n) is 8.71. The van der Waals surface area contributed by atoms with Crippen LogP contribution in [-0.4, -0.2) is 9.97 Å². The van der Waals surface area contributed by atoms with Crippen LogP contribution in [0.3, 0.4) is 0 Å². The van der Waals surface area contributed by atoms with Crippen LogP contribution in [-0.2, 0) is 0 Å². The highest BCUT2D eigenvalue weighted by Crippen LogP contribution is 2.27. The maximum Gasteiger partial charge on any atom is 0.272 e. The van der Waals surface area contributed by atoms with Crippen molar-refractivity contribution < 1.29 is 0 Å². The van der Waals surface area contributed by atoms with Crippen molar-refractivity contribution >= 4 is 12.2 Å². The Bertz CT molecular complexity index is 1030. The van der Waals surface area contributed by atoms with Crippen LogP contribution >= 0.6 is 0 Å². The van der Waals surface area contributed by atoms with Crippen molar-refractivity contribution in [2.24, 2.45) is 17.1 Å². The quantitative estimate of drug-likeness (QED) is 0.782. The largest absolute Gasteiger partial charge is 0.401 e. The lowest BCUT2D eigenvalue weighted by Gasteiger charge is -2.23. The lowest BCUT2D eigenvalue weighted by atomic mass is 9.85. The number of aromatic nitrogens is 2. The molecule has 26 heavy (non-hydrogen) atoms. The number of nitrogens with one attached hydrogen (secondary N) is 2. The van der Waals surface area contributed by atoms with Gasteiger partial charge in [0, 0.05) is 11.1 Å². The molecule has 0 bridgehead atoms. The van der Waals surface area contributed by atoms with Gasteiger partial charge in [0.1, 0.15) is 10.7 Å². The first kappa shape index (κ1) is 19.5. The van der Waals surface area contributed by atoms with Gasteiger partial charge in [-0.05, 0) is 29.2 Å². The summed E-state index contributed by atoms with van der Waals surface area (Å²) in [6, 6.07) is 9.36. The molecule has 2 rings (SSSR count). The Balaban J connectivity index is 2.68. The van der Waals surface area contributed by atoms with Gasteiger partial charge in [-0.1, -0.05) is 65.0 Å². The van der Waals surface area contributed by atoms with Crippen LogP contribution in [0.15, 0.2) is 51.2 Å². The molecular weight excluding hydrogens is 326 g/mol. The monoisotopic (exact) mass is 353 g/mol. The summed E-state index contributed by atoms with van der Waals surface area (Å²) in [7, 11) is 0. The number of benzene rings is 1.